The molecular weight excluding hydrogens is 424 g/mol. The van der Waals surface area contributed by atoms with Crippen molar-refractivity contribution in [1.82, 2.24) is 14.5 Å². The molecule has 0 saturated heterocycles. The van der Waals surface area contributed by atoms with Gasteiger partial charge in [0.15, 0.2) is 5.84 Å². The Balaban J connectivity index is 1.41. The van der Waals surface area contributed by atoms with Gasteiger partial charge < -0.3 is 19.0 Å². The number of benzene rings is 2. The van der Waals surface area contributed by atoms with Crippen LogP contribution >= 0.6 is 11.6 Å². The van der Waals surface area contributed by atoms with Crippen molar-refractivity contribution in [2.24, 2.45) is 5.16 Å². The van der Waals surface area contributed by atoms with Crippen LogP contribution < -0.4 is 4.74 Å². The summed E-state index contributed by atoms with van der Waals surface area (Å²) >= 11 is 6.09. The molecule has 1 aliphatic heterocycles. The van der Waals surface area contributed by atoms with Crippen molar-refractivity contribution in [3.05, 3.63) is 82.9 Å². The van der Waals surface area contributed by atoms with Crippen LogP contribution in [-0.2, 0) is 10.6 Å². The van der Waals surface area contributed by atoms with E-state index in [1.54, 1.807) is 13.4 Å². The van der Waals surface area contributed by atoms with E-state index in [0.29, 0.717) is 11.1 Å². The fourth-order valence-corrected chi connectivity index (χ4v) is 4.23. The maximum Gasteiger partial charge on any atom is 0.234 e. The number of nitrogens with zero attached hydrogens (tertiary/aromatic N) is 4. The quantitative estimate of drug-likeness (QED) is 0.497. The fourth-order valence-electron chi connectivity index (χ4n) is 4.11. The van der Waals surface area contributed by atoms with E-state index in [1.165, 1.54) is 0 Å². The minimum atomic E-state index is -0.647. The number of halogens is 1. The van der Waals surface area contributed by atoms with E-state index in [-0.39, 0.29) is 0 Å². The summed E-state index contributed by atoms with van der Waals surface area (Å²) < 4.78 is 7.59. The van der Waals surface area contributed by atoms with Crippen LogP contribution in [0.2, 0.25) is 5.02 Å². The Morgan fingerprint density at radius 3 is 2.59 bits per heavy atom. The second-order valence-electron chi connectivity index (χ2n) is 8.32. The molecule has 2 heterocycles. The van der Waals surface area contributed by atoms with Gasteiger partial charge in [0.2, 0.25) is 5.72 Å². The third-order valence-corrected chi connectivity index (χ3v) is 6.19. The van der Waals surface area contributed by atoms with Gasteiger partial charge in [0, 0.05) is 29.7 Å². The largest absolute Gasteiger partial charge is 0.495 e. The molecule has 1 saturated carbocycles. The molecule has 7 heteroatoms. The van der Waals surface area contributed by atoms with E-state index in [9.17, 15) is 0 Å². The highest BCUT2D eigenvalue weighted by atomic mass is 35.5. The summed E-state index contributed by atoms with van der Waals surface area (Å²) in [6.07, 6.45) is 10.1. The van der Waals surface area contributed by atoms with Crippen LogP contribution in [0, 0.1) is 6.92 Å². The fraction of sp³-hybridized carbons (Fsp3) is 0.280. The zero-order valence-electron chi connectivity index (χ0n) is 18.3. The van der Waals surface area contributed by atoms with Crippen molar-refractivity contribution >= 4 is 23.5 Å². The number of amidine groups is 1. The van der Waals surface area contributed by atoms with E-state index in [4.69, 9.17) is 21.2 Å². The Kier molecular flexibility index (Phi) is 5.18. The third-order valence-electron chi connectivity index (χ3n) is 5.93. The van der Waals surface area contributed by atoms with Gasteiger partial charge >= 0.3 is 0 Å². The molecule has 2 aliphatic rings. The Morgan fingerprint density at radius 2 is 1.94 bits per heavy atom. The van der Waals surface area contributed by atoms with Gasteiger partial charge in [-0.15, -0.1) is 0 Å². The van der Waals surface area contributed by atoms with Crippen molar-refractivity contribution < 1.29 is 9.57 Å². The van der Waals surface area contributed by atoms with E-state index in [1.807, 2.05) is 66.2 Å². The number of aryl methyl sites for hydroxylation is 1. The van der Waals surface area contributed by atoms with E-state index >= 15 is 0 Å². The first-order valence-corrected chi connectivity index (χ1v) is 11.0. The van der Waals surface area contributed by atoms with Gasteiger partial charge in [-0.05, 0) is 55.7 Å². The Morgan fingerprint density at radius 1 is 1.16 bits per heavy atom. The van der Waals surface area contributed by atoms with Gasteiger partial charge in [-0.25, -0.2) is 4.98 Å². The summed E-state index contributed by atoms with van der Waals surface area (Å²) in [7, 11) is 1.68. The van der Waals surface area contributed by atoms with Gasteiger partial charge in [-0.3, -0.25) is 0 Å². The molecule has 1 unspecified atom stereocenters. The summed E-state index contributed by atoms with van der Waals surface area (Å²) in [4.78, 5) is 12.6. The van der Waals surface area contributed by atoms with Crippen LogP contribution in [0.5, 0.6) is 5.75 Å². The standard InChI is InChI=1S/C25H25ClN4O2/c1-17-15-29(16-27-17)22-12-4-18(14-23(22)31-3)5-13-24-28-32-25(2,30(24)21-10-11-21)19-6-8-20(26)9-7-19/h4-9,12-16,21H,10-11H2,1-3H3/b13-5+. The normalized spacial score (nSPS) is 20.5. The molecule has 1 fully saturated rings. The first-order valence-electron chi connectivity index (χ1n) is 10.7. The van der Waals surface area contributed by atoms with Crippen molar-refractivity contribution in [2.75, 3.05) is 7.11 Å². The van der Waals surface area contributed by atoms with Gasteiger partial charge in [-0.1, -0.05) is 41.0 Å². The minimum Gasteiger partial charge on any atom is -0.495 e. The number of methoxy groups -OCH3 is 1. The number of aromatic nitrogens is 2. The minimum absolute atomic E-state index is 0.419. The van der Waals surface area contributed by atoms with E-state index in [2.05, 4.69) is 28.0 Å². The predicted molar refractivity (Wildman–Crippen MR) is 126 cm³/mol. The average molecular weight is 449 g/mol. The molecule has 0 bridgehead atoms. The molecule has 0 N–H and O–H groups in total. The molecule has 164 valence electrons. The first kappa shape index (κ1) is 20.6. The van der Waals surface area contributed by atoms with Gasteiger partial charge in [0.1, 0.15) is 5.75 Å². The summed E-state index contributed by atoms with van der Waals surface area (Å²) in [5.41, 5.74) is 3.30. The smallest absolute Gasteiger partial charge is 0.234 e. The second kappa shape index (κ2) is 8.02. The molecule has 5 rings (SSSR count). The van der Waals surface area contributed by atoms with Crippen molar-refractivity contribution in [2.45, 2.75) is 38.5 Å². The van der Waals surface area contributed by atoms with Gasteiger partial charge in [0.05, 0.1) is 24.8 Å². The molecule has 1 aliphatic carbocycles. The lowest BCUT2D eigenvalue weighted by atomic mass is 10.0. The molecule has 0 amide bonds. The van der Waals surface area contributed by atoms with Crippen LogP contribution in [0.3, 0.4) is 0 Å². The lowest BCUT2D eigenvalue weighted by Crippen LogP contribution is -2.44. The maximum atomic E-state index is 6.09. The zero-order valence-corrected chi connectivity index (χ0v) is 19.1. The summed E-state index contributed by atoms with van der Waals surface area (Å²) in [5, 5.41) is 5.14. The number of rotatable bonds is 6. The van der Waals surface area contributed by atoms with E-state index < -0.39 is 5.72 Å². The summed E-state index contributed by atoms with van der Waals surface area (Å²) in [6, 6.07) is 14.3. The summed E-state index contributed by atoms with van der Waals surface area (Å²) in [6.45, 7) is 4.03. The van der Waals surface area contributed by atoms with Crippen molar-refractivity contribution in [3.8, 4) is 11.4 Å². The molecule has 1 atom stereocenters. The molecule has 1 aromatic heterocycles. The molecule has 0 spiro atoms. The molecule has 2 aromatic carbocycles. The van der Waals surface area contributed by atoms with Gasteiger partial charge in [-0.2, -0.15) is 0 Å². The predicted octanol–water partition coefficient (Wildman–Crippen LogP) is 5.54. The van der Waals surface area contributed by atoms with Crippen LogP contribution in [0.25, 0.3) is 11.8 Å². The maximum absolute atomic E-state index is 6.09. The average Bonchev–Trinajstić information content (AvgIpc) is 3.44. The second-order valence-corrected chi connectivity index (χ2v) is 8.76. The third kappa shape index (κ3) is 3.75. The lowest BCUT2D eigenvalue weighted by molar-refractivity contribution is -0.0934. The number of imidazole rings is 1. The Bertz CT molecular complexity index is 1200. The van der Waals surface area contributed by atoms with Crippen LogP contribution in [0.1, 0.15) is 36.6 Å². The molecule has 3 aromatic rings. The highest BCUT2D eigenvalue weighted by Crippen LogP contribution is 2.43. The van der Waals surface area contributed by atoms with Crippen molar-refractivity contribution in [1.29, 1.82) is 0 Å². The van der Waals surface area contributed by atoms with Crippen molar-refractivity contribution in [3.63, 3.8) is 0 Å². The van der Waals surface area contributed by atoms with Crippen LogP contribution in [0.4, 0.5) is 0 Å². The summed E-state index contributed by atoms with van der Waals surface area (Å²) in [5.74, 6) is 1.59. The number of oxime groups is 1. The Labute approximate surface area is 192 Å². The molecule has 32 heavy (non-hydrogen) atoms. The number of ether oxygens (including phenoxy) is 1. The molecule has 6 nitrogen and oxygen atoms in total. The zero-order chi connectivity index (χ0) is 22.3. The first-order chi connectivity index (χ1) is 15.5. The highest BCUT2D eigenvalue weighted by Gasteiger charge is 2.49. The van der Waals surface area contributed by atoms with E-state index in [0.717, 1.165) is 46.9 Å². The number of hydrogen-bond acceptors (Lipinski definition) is 5. The molecule has 0 radical (unpaired) electrons. The van der Waals surface area contributed by atoms with Gasteiger partial charge in [0.25, 0.3) is 0 Å². The number of hydrogen-bond donors (Lipinski definition) is 0. The lowest BCUT2D eigenvalue weighted by Gasteiger charge is -2.34. The highest BCUT2D eigenvalue weighted by molar-refractivity contribution is 6.30. The van der Waals surface area contributed by atoms with Crippen LogP contribution in [-0.4, -0.2) is 33.4 Å². The van der Waals surface area contributed by atoms with Crippen LogP contribution in [0.15, 0.2) is 66.2 Å². The Hall–Kier alpha value is -3.25. The molecular formula is C25H25ClN4O2. The topological polar surface area (TPSA) is 51.9 Å². The monoisotopic (exact) mass is 448 g/mol. The SMILES string of the molecule is COc1cc(/C=C/C2=NOC(C)(c3ccc(Cl)cc3)N2C2CC2)ccc1-n1cnc(C)c1.